The minimum atomic E-state index is -1.88. The monoisotopic (exact) mass is 464 g/mol. The summed E-state index contributed by atoms with van der Waals surface area (Å²) in [4.78, 5) is 10.6. The molecule has 0 heterocycles. The maximum absolute atomic E-state index is 10.6. The standard InChI is InChI=1S/C27H48O4Si/c1-8-9-14-20-27(5,31-32(6,7)26(2,3)4)21-19-22-17-18-24(28)23(22)15-12-10-11-13-16-25(29)30/h10,13,17,23-24,28H,8-9,12,14-16,18-21H2,1-7H3,(H,29,30)/t11?,23-,24?,27?/m1/s1. The summed E-state index contributed by atoms with van der Waals surface area (Å²) in [7, 11) is -1.88. The molecule has 3 atom stereocenters. The quantitative estimate of drug-likeness (QED) is 0.122. The zero-order valence-electron chi connectivity index (χ0n) is 21.7. The van der Waals surface area contributed by atoms with Gasteiger partial charge in [-0.3, -0.25) is 4.79 Å². The van der Waals surface area contributed by atoms with Crippen LogP contribution in [-0.4, -0.2) is 36.2 Å². The Balaban J connectivity index is 2.79. The molecule has 0 aliphatic heterocycles. The number of hydrogen-bond acceptors (Lipinski definition) is 3. The van der Waals surface area contributed by atoms with Crippen LogP contribution in [-0.2, 0) is 9.22 Å². The van der Waals surface area contributed by atoms with Gasteiger partial charge >= 0.3 is 5.97 Å². The Morgan fingerprint density at radius 2 is 1.91 bits per heavy atom. The Kier molecular flexibility index (Phi) is 11.7. The van der Waals surface area contributed by atoms with Crippen molar-refractivity contribution >= 4 is 14.3 Å². The van der Waals surface area contributed by atoms with Crippen LogP contribution in [0.3, 0.4) is 0 Å². The fraction of sp³-hybridized carbons (Fsp3) is 0.778. The molecule has 0 aromatic heterocycles. The molecule has 0 saturated heterocycles. The van der Waals surface area contributed by atoms with Gasteiger partial charge in [-0.1, -0.05) is 58.6 Å². The van der Waals surface area contributed by atoms with E-state index >= 15 is 0 Å². The topological polar surface area (TPSA) is 66.8 Å². The molecular formula is C27H48O4Si. The molecule has 0 spiro atoms. The molecule has 2 N–H and O–H groups in total. The predicted octanol–water partition coefficient (Wildman–Crippen LogP) is 7.40. The fourth-order valence-electron chi connectivity index (χ4n) is 4.23. The van der Waals surface area contributed by atoms with Gasteiger partial charge in [-0.25, -0.2) is 0 Å². The van der Waals surface area contributed by atoms with Crippen LogP contribution in [0.5, 0.6) is 0 Å². The summed E-state index contributed by atoms with van der Waals surface area (Å²) < 4.78 is 6.98. The van der Waals surface area contributed by atoms with Crippen molar-refractivity contribution in [3.8, 4) is 0 Å². The molecule has 1 aliphatic carbocycles. The largest absolute Gasteiger partial charge is 0.481 e. The van der Waals surface area contributed by atoms with Crippen molar-refractivity contribution in [3.05, 3.63) is 29.5 Å². The maximum atomic E-state index is 10.6. The van der Waals surface area contributed by atoms with Crippen LogP contribution in [0.25, 0.3) is 0 Å². The zero-order valence-corrected chi connectivity index (χ0v) is 22.7. The highest BCUT2D eigenvalue weighted by Gasteiger charge is 2.43. The van der Waals surface area contributed by atoms with Gasteiger partial charge < -0.3 is 14.6 Å². The van der Waals surface area contributed by atoms with E-state index in [2.05, 4.69) is 59.5 Å². The fourth-order valence-corrected chi connectivity index (χ4v) is 5.97. The Labute approximate surface area is 198 Å². The second-order valence-corrected chi connectivity index (χ2v) is 15.9. The first-order chi connectivity index (χ1) is 14.8. The Hall–Kier alpha value is -1.13. The summed E-state index contributed by atoms with van der Waals surface area (Å²) in [6.45, 7) is 16.1. The van der Waals surface area contributed by atoms with Gasteiger partial charge in [-0.2, -0.15) is 0 Å². The molecule has 2 unspecified atom stereocenters. The van der Waals surface area contributed by atoms with E-state index in [0.29, 0.717) is 0 Å². The lowest BCUT2D eigenvalue weighted by molar-refractivity contribution is -0.136. The first-order valence-electron chi connectivity index (χ1n) is 12.5. The number of carbonyl (C=O) groups is 1. The summed E-state index contributed by atoms with van der Waals surface area (Å²) >= 11 is 0. The second-order valence-electron chi connectivity index (χ2n) is 11.2. The highest BCUT2D eigenvalue weighted by atomic mass is 28.4. The average Bonchev–Trinajstić information content (AvgIpc) is 3.01. The Bertz CT molecular complexity index is 682. The molecule has 0 saturated carbocycles. The number of carboxylic acid groups (broad SMARTS) is 1. The van der Waals surface area contributed by atoms with E-state index in [-0.39, 0.29) is 29.1 Å². The van der Waals surface area contributed by atoms with E-state index in [1.807, 2.05) is 6.08 Å². The van der Waals surface area contributed by atoms with Crippen LogP contribution in [0.2, 0.25) is 18.1 Å². The molecule has 5 heteroatoms. The van der Waals surface area contributed by atoms with Gasteiger partial charge in [0.1, 0.15) is 0 Å². The molecule has 0 radical (unpaired) electrons. The molecule has 32 heavy (non-hydrogen) atoms. The molecule has 1 rings (SSSR count). The SMILES string of the molecule is CCCCCC(C)(CCC1=CCC(O)[C@@H]1CCC=C=CCC(=O)O)O[Si](C)(C)C(C)(C)C. The number of rotatable bonds is 14. The van der Waals surface area contributed by atoms with Crippen molar-refractivity contribution in [2.75, 3.05) is 0 Å². The van der Waals surface area contributed by atoms with Gasteiger partial charge in [-0.05, 0) is 75.7 Å². The Morgan fingerprint density at radius 3 is 2.50 bits per heavy atom. The smallest absolute Gasteiger partial charge is 0.307 e. The molecule has 184 valence electrons. The van der Waals surface area contributed by atoms with Gasteiger partial charge in [-0.15, -0.1) is 5.73 Å². The van der Waals surface area contributed by atoms with Gasteiger partial charge in [0.05, 0.1) is 18.1 Å². The van der Waals surface area contributed by atoms with E-state index in [1.54, 1.807) is 6.08 Å². The summed E-state index contributed by atoms with van der Waals surface area (Å²) in [6.07, 6.45) is 14.5. The van der Waals surface area contributed by atoms with E-state index in [0.717, 1.165) is 38.5 Å². The third-order valence-electron chi connectivity index (χ3n) is 7.26. The van der Waals surface area contributed by atoms with Crippen molar-refractivity contribution < 1.29 is 19.4 Å². The normalized spacial score (nSPS) is 20.9. The highest BCUT2D eigenvalue weighted by Crippen LogP contribution is 2.43. The summed E-state index contributed by atoms with van der Waals surface area (Å²) in [6, 6.07) is 0. The molecule has 0 amide bonds. The van der Waals surface area contributed by atoms with Crippen molar-refractivity contribution in [2.24, 2.45) is 5.92 Å². The maximum Gasteiger partial charge on any atom is 0.307 e. The lowest BCUT2D eigenvalue weighted by atomic mass is 9.86. The van der Waals surface area contributed by atoms with Crippen LogP contribution in [0.4, 0.5) is 0 Å². The van der Waals surface area contributed by atoms with Crippen LogP contribution >= 0.6 is 0 Å². The number of aliphatic hydroxyl groups is 1. The van der Waals surface area contributed by atoms with Gasteiger partial charge in [0, 0.05) is 5.92 Å². The summed E-state index contributed by atoms with van der Waals surface area (Å²) in [5, 5.41) is 19.4. The van der Waals surface area contributed by atoms with Crippen molar-refractivity contribution in [2.45, 2.75) is 129 Å². The number of unbranched alkanes of at least 4 members (excludes halogenated alkanes) is 2. The third kappa shape index (κ3) is 9.78. The summed E-state index contributed by atoms with van der Waals surface area (Å²) in [5.74, 6) is -0.662. The van der Waals surface area contributed by atoms with Crippen LogP contribution in [0.15, 0.2) is 29.5 Å². The molecule has 4 nitrogen and oxygen atoms in total. The van der Waals surface area contributed by atoms with Crippen molar-refractivity contribution in [3.63, 3.8) is 0 Å². The third-order valence-corrected chi connectivity index (χ3v) is 11.9. The number of carboxylic acids is 1. The lowest BCUT2D eigenvalue weighted by Gasteiger charge is -2.45. The van der Waals surface area contributed by atoms with Gasteiger partial charge in [0.25, 0.3) is 0 Å². The molecule has 1 aliphatic rings. The Morgan fingerprint density at radius 1 is 1.22 bits per heavy atom. The van der Waals surface area contributed by atoms with Crippen molar-refractivity contribution in [1.82, 2.24) is 0 Å². The first kappa shape index (κ1) is 28.9. The van der Waals surface area contributed by atoms with Gasteiger partial charge in [0.2, 0.25) is 0 Å². The van der Waals surface area contributed by atoms with Crippen LogP contribution in [0.1, 0.15) is 98.8 Å². The molecule has 0 aromatic carbocycles. The zero-order chi connectivity index (χ0) is 24.4. The predicted molar refractivity (Wildman–Crippen MR) is 136 cm³/mol. The molecule has 0 bridgehead atoms. The number of aliphatic carboxylic acids is 1. The number of hydrogen-bond donors (Lipinski definition) is 2. The van der Waals surface area contributed by atoms with Crippen LogP contribution in [0, 0.1) is 5.92 Å². The van der Waals surface area contributed by atoms with E-state index in [1.165, 1.54) is 24.8 Å². The molecule has 0 aromatic rings. The second kappa shape index (κ2) is 12.9. The van der Waals surface area contributed by atoms with Crippen molar-refractivity contribution in [1.29, 1.82) is 0 Å². The van der Waals surface area contributed by atoms with Crippen LogP contribution < -0.4 is 0 Å². The number of aliphatic hydroxyl groups excluding tert-OH is 1. The highest BCUT2D eigenvalue weighted by molar-refractivity contribution is 6.74. The van der Waals surface area contributed by atoms with Gasteiger partial charge in [0.15, 0.2) is 8.32 Å². The minimum absolute atomic E-state index is 0.00144. The molecular weight excluding hydrogens is 416 g/mol. The minimum Gasteiger partial charge on any atom is -0.481 e. The lowest BCUT2D eigenvalue weighted by Crippen LogP contribution is -2.48. The average molecular weight is 465 g/mol. The van der Waals surface area contributed by atoms with E-state index < -0.39 is 14.3 Å². The van der Waals surface area contributed by atoms with E-state index in [4.69, 9.17) is 9.53 Å². The van der Waals surface area contributed by atoms with E-state index in [9.17, 15) is 9.90 Å². The first-order valence-corrected chi connectivity index (χ1v) is 15.4. The summed E-state index contributed by atoms with van der Waals surface area (Å²) in [5.41, 5.74) is 4.18. The molecule has 0 fully saturated rings.